The summed E-state index contributed by atoms with van der Waals surface area (Å²) in [4.78, 5) is 48.5. The maximum Gasteiger partial charge on any atom is 0.407 e. The highest BCUT2D eigenvalue weighted by Gasteiger charge is 2.38. The standard InChI is InChI=1S/C23H42N2O8/c1-15(2)9-19(26)30-11-23(12-31-20(27)10-16(3)4,13-32-21(28)24-17(5)6)14-33-22(29)25-18(7)8/h15-18H,9-14H2,1-8H3,(H,24,28)(H,25,29). The molecule has 0 atom stereocenters. The van der Waals surface area contributed by atoms with Crippen LogP contribution in [0.1, 0.15) is 68.2 Å². The van der Waals surface area contributed by atoms with E-state index in [0.717, 1.165) is 0 Å². The van der Waals surface area contributed by atoms with Gasteiger partial charge in [-0.3, -0.25) is 9.59 Å². The number of hydrogen-bond acceptors (Lipinski definition) is 8. The monoisotopic (exact) mass is 474 g/mol. The molecule has 10 nitrogen and oxygen atoms in total. The van der Waals surface area contributed by atoms with Crippen LogP contribution in [0.15, 0.2) is 0 Å². The quantitative estimate of drug-likeness (QED) is 0.289. The molecule has 0 fully saturated rings. The molecule has 0 radical (unpaired) electrons. The van der Waals surface area contributed by atoms with Crippen LogP contribution in [0.5, 0.6) is 0 Å². The van der Waals surface area contributed by atoms with Crippen LogP contribution in [0.2, 0.25) is 0 Å². The van der Waals surface area contributed by atoms with Gasteiger partial charge in [0.05, 0.1) is 0 Å². The average Bonchev–Trinajstić information content (AvgIpc) is 2.64. The molecule has 0 rings (SSSR count). The molecule has 0 aromatic rings. The fourth-order valence-corrected chi connectivity index (χ4v) is 2.49. The number of alkyl carbamates (subject to hydrolysis) is 2. The van der Waals surface area contributed by atoms with E-state index >= 15 is 0 Å². The average molecular weight is 475 g/mol. The Morgan fingerprint density at radius 2 is 0.879 bits per heavy atom. The second-order valence-electron chi connectivity index (χ2n) is 9.77. The molecule has 0 aromatic heterocycles. The highest BCUT2D eigenvalue weighted by atomic mass is 16.6. The molecular weight excluding hydrogens is 432 g/mol. The van der Waals surface area contributed by atoms with Gasteiger partial charge in [-0.15, -0.1) is 0 Å². The van der Waals surface area contributed by atoms with Crippen molar-refractivity contribution in [1.82, 2.24) is 10.6 Å². The highest BCUT2D eigenvalue weighted by Crippen LogP contribution is 2.22. The normalized spacial score (nSPS) is 11.5. The first-order valence-corrected chi connectivity index (χ1v) is 11.4. The van der Waals surface area contributed by atoms with Gasteiger partial charge >= 0.3 is 24.1 Å². The minimum atomic E-state index is -1.28. The second kappa shape index (κ2) is 15.3. The maximum atomic E-state index is 12.2. The van der Waals surface area contributed by atoms with E-state index in [2.05, 4.69) is 10.6 Å². The van der Waals surface area contributed by atoms with Gasteiger partial charge in [0.1, 0.15) is 31.8 Å². The van der Waals surface area contributed by atoms with E-state index in [0.29, 0.717) is 0 Å². The fraction of sp³-hybridized carbons (Fsp3) is 0.826. The Hall–Kier alpha value is -2.52. The smallest absolute Gasteiger partial charge is 0.407 e. The molecule has 10 heteroatoms. The van der Waals surface area contributed by atoms with Crippen molar-refractivity contribution in [3.63, 3.8) is 0 Å². The van der Waals surface area contributed by atoms with E-state index in [9.17, 15) is 19.2 Å². The van der Waals surface area contributed by atoms with Crippen molar-refractivity contribution in [2.45, 2.75) is 80.3 Å². The number of rotatable bonds is 14. The number of esters is 2. The lowest BCUT2D eigenvalue weighted by Gasteiger charge is -2.32. The van der Waals surface area contributed by atoms with Crippen molar-refractivity contribution in [2.24, 2.45) is 17.3 Å². The van der Waals surface area contributed by atoms with E-state index in [-0.39, 0.29) is 63.2 Å². The first-order chi connectivity index (χ1) is 15.2. The number of carbonyl (C=O) groups is 4. The second-order valence-corrected chi connectivity index (χ2v) is 9.77. The molecule has 2 amide bonds. The van der Waals surface area contributed by atoms with Crippen LogP contribution in [0.25, 0.3) is 0 Å². The van der Waals surface area contributed by atoms with Crippen LogP contribution < -0.4 is 10.6 Å². The molecule has 0 aliphatic heterocycles. The van der Waals surface area contributed by atoms with Crippen molar-refractivity contribution in [3.8, 4) is 0 Å². The molecule has 0 aromatic carbocycles. The third kappa shape index (κ3) is 15.8. The summed E-state index contributed by atoms with van der Waals surface area (Å²) < 4.78 is 21.4. The van der Waals surface area contributed by atoms with Crippen molar-refractivity contribution < 1.29 is 38.1 Å². The van der Waals surface area contributed by atoms with Crippen molar-refractivity contribution >= 4 is 24.1 Å². The molecule has 0 saturated carbocycles. The molecule has 0 aliphatic carbocycles. The number of nitrogens with one attached hydrogen (secondary N) is 2. The molecule has 0 saturated heterocycles. The SMILES string of the molecule is CC(C)CC(=O)OCC(COC(=O)CC(C)C)(COC(=O)NC(C)C)COC(=O)NC(C)C. The van der Waals surface area contributed by atoms with Gasteiger partial charge in [-0.2, -0.15) is 0 Å². The Morgan fingerprint density at radius 3 is 1.15 bits per heavy atom. The zero-order valence-corrected chi connectivity index (χ0v) is 21.3. The molecule has 192 valence electrons. The number of amides is 2. The molecule has 2 N–H and O–H groups in total. The first kappa shape index (κ1) is 30.5. The predicted octanol–water partition coefficient (Wildman–Crippen LogP) is 3.42. The van der Waals surface area contributed by atoms with Crippen molar-refractivity contribution in [2.75, 3.05) is 26.4 Å². The number of ether oxygens (including phenoxy) is 4. The topological polar surface area (TPSA) is 129 Å². The summed E-state index contributed by atoms with van der Waals surface area (Å²) >= 11 is 0. The number of carbonyl (C=O) groups excluding carboxylic acids is 4. The van der Waals surface area contributed by atoms with Gasteiger partial charge in [-0.1, -0.05) is 27.7 Å². The molecule has 0 aliphatic rings. The third-order valence-corrected chi connectivity index (χ3v) is 4.06. The zero-order chi connectivity index (χ0) is 25.6. The van der Waals surface area contributed by atoms with Crippen molar-refractivity contribution in [1.29, 1.82) is 0 Å². The van der Waals surface area contributed by atoms with Crippen LogP contribution >= 0.6 is 0 Å². The molecule has 0 bridgehead atoms. The van der Waals surface area contributed by atoms with Crippen LogP contribution in [0.3, 0.4) is 0 Å². The Bertz CT molecular complexity index is 522. The Balaban J connectivity index is 5.59. The summed E-state index contributed by atoms with van der Waals surface area (Å²) in [6.07, 6.45) is -1.01. The summed E-state index contributed by atoms with van der Waals surface area (Å²) in [5.41, 5.74) is -1.28. The van der Waals surface area contributed by atoms with Gasteiger partial charge < -0.3 is 29.6 Å². The zero-order valence-electron chi connectivity index (χ0n) is 21.3. The van der Waals surface area contributed by atoms with E-state index in [1.54, 1.807) is 27.7 Å². The van der Waals surface area contributed by atoms with E-state index in [1.807, 2.05) is 27.7 Å². The van der Waals surface area contributed by atoms with Gasteiger partial charge in [0.15, 0.2) is 0 Å². The van der Waals surface area contributed by atoms with E-state index in [1.165, 1.54) is 0 Å². The van der Waals surface area contributed by atoms with Gasteiger partial charge in [-0.05, 0) is 39.5 Å². The van der Waals surface area contributed by atoms with Crippen LogP contribution in [-0.4, -0.2) is 62.6 Å². The summed E-state index contributed by atoms with van der Waals surface area (Å²) in [6, 6.07) is -0.319. The summed E-state index contributed by atoms with van der Waals surface area (Å²) in [5.74, 6) is -0.754. The van der Waals surface area contributed by atoms with E-state index < -0.39 is 29.5 Å². The van der Waals surface area contributed by atoms with Gasteiger partial charge in [0.2, 0.25) is 0 Å². The van der Waals surface area contributed by atoms with E-state index in [4.69, 9.17) is 18.9 Å². The molecular formula is C23H42N2O8. The minimum absolute atomic E-state index is 0.0805. The van der Waals surface area contributed by atoms with Gasteiger partial charge in [0.25, 0.3) is 0 Å². The Kier molecular flexibility index (Phi) is 14.2. The number of hydrogen-bond donors (Lipinski definition) is 2. The summed E-state index contributed by atoms with van der Waals surface area (Å²) in [7, 11) is 0. The first-order valence-electron chi connectivity index (χ1n) is 11.4. The summed E-state index contributed by atoms with van der Waals surface area (Å²) in [5, 5.41) is 5.18. The lowest BCUT2D eigenvalue weighted by molar-refractivity contribution is -0.159. The largest absolute Gasteiger partial charge is 0.465 e. The van der Waals surface area contributed by atoms with Crippen LogP contribution in [0, 0.1) is 17.3 Å². The predicted molar refractivity (Wildman–Crippen MR) is 123 cm³/mol. The molecule has 33 heavy (non-hydrogen) atoms. The van der Waals surface area contributed by atoms with Crippen molar-refractivity contribution in [3.05, 3.63) is 0 Å². The summed E-state index contributed by atoms with van der Waals surface area (Å²) in [6.45, 7) is 13.5. The van der Waals surface area contributed by atoms with Crippen LogP contribution in [0.4, 0.5) is 9.59 Å². The third-order valence-electron chi connectivity index (χ3n) is 4.06. The van der Waals surface area contributed by atoms with Gasteiger partial charge in [-0.25, -0.2) is 9.59 Å². The molecule has 0 heterocycles. The lowest BCUT2D eigenvalue weighted by atomic mass is 9.92. The fourth-order valence-electron chi connectivity index (χ4n) is 2.49. The Labute approximate surface area is 197 Å². The van der Waals surface area contributed by atoms with Gasteiger partial charge in [0, 0.05) is 24.9 Å². The maximum absolute atomic E-state index is 12.2. The Morgan fingerprint density at radius 1 is 0.576 bits per heavy atom. The highest BCUT2D eigenvalue weighted by molar-refractivity contribution is 5.70. The minimum Gasteiger partial charge on any atom is -0.465 e. The molecule has 0 spiro atoms. The van der Waals surface area contributed by atoms with Crippen LogP contribution in [-0.2, 0) is 28.5 Å². The lowest BCUT2D eigenvalue weighted by Crippen LogP contribution is -2.46. The molecule has 0 unspecified atom stereocenters.